The molecule has 0 atom stereocenters. The molecule has 0 radical (unpaired) electrons. The first-order valence-electron chi connectivity index (χ1n) is 25.9. The highest BCUT2D eigenvalue weighted by Crippen LogP contribution is 2.43. The van der Waals surface area contributed by atoms with Gasteiger partial charge in [0.15, 0.2) is 0 Å². The van der Waals surface area contributed by atoms with E-state index in [0.717, 1.165) is 177 Å². The second-order valence-corrected chi connectivity index (χ2v) is 18.3. The van der Waals surface area contributed by atoms with Gasteiger partial charge in [-0.15, -0.1) is 0 Å². The molecule has 0 fully saturated rings. The van der Waals surface area contributed by atoms with E-state index in [9.17, 15) is 0 Å². The fraction of sp³-hybridized carbons (Fsp3) is 0.500. The van der Waals surface area contributed by atoms with Crippen LogP contribution >= 0.6 is 0 Å². The van der Waals surface area contributed by atoms with Gasteiger partial charge >= 0.3 is 0 Å². The Morgan fingerprint density at radius 1 is 0.243 bits per heavy atom. The van der Waals surface area contributed by atoms with Gasteiger partial charge in [0.1, 0.15) is 57.5 Å². The fourth-order valence-corrected chi connectivity index (χ4v) is 8.88. The average Bonchev–Trinajstić information content (AvgIpc) is 3.36. The lowest BCUT2D eigenvalue weighted by Crippen LogP contribution is -2.08. The number of unbranched alkanes of at least 4 members (excludes halogenated alkanes) is 5. The minimum atomic E-state index is 0.523. The summed E-state index contributed by atoms with van der Waals surface area (Å²) in [5.41, 5.74) is 9.85. The summed E-state index contributed by atoms with van der Waals surface area (Å²) >= 11 is 0. The lowest BCUT2D eigenvalue weighted by Gasteiger charge is -2.21. The first-order valence-corrected chi connectivity index (χ1v) is 25.9. The summed E-state index contributed by atoms with van der Waals surface area (Å²) in [5.74, 6) is 7.82. The van der Waals surface area contributed by atoms with Gasteiger partial charge in [-0.2, -0.15) is 0 Å². The summed E-state index contributed by atoms with van der Waals surface area (Å²) in [5, 5.41) is 0. The Hall–Kier alpha value is -5.90. The molecule has 0 aromatic heterocycles. The maximum Gasteiger partial charge on any atom is 0.123 e. The minimum Gasteiger partial charge on any atom is -0.496 e. The van der Waals surface area contributed by atoms with Gasteiger partial charge < -0.3 is 47.4 Å². The molecule has 70 heavy (non-hydrogen) atoms. The quantitative estimate of drug-likeness (QED) is 0.0517. The van der Waals surface area contributed by atoms with Crippen LogP contribution in [0.2, 0.25) is 0 Å². The van der Waals surface area contributed by atoms with E-state index < -0.39 is 0 Å². The molecule has 10 bridgehead atoms. The van der Waals surface area contributed by atoms with E-state index in [-0.39, 0.29) is 0 Å². The molecule has 0 N–H and O–H groups in total. The Kier molecular flexibility index (Phi) is 21.0. The van der Waals surface area contributed by atoms with E-state index >= 15 is 0 Å². The summed E-state index contributed by atoms with van der Waals surface area (Å²) in [4.78, 5) is 0. The molecular weight excluding hydrogens is 881 g/mol. The number of methoxy groups -OCH3 is 5. The molecule has 0 saturated carbocycles. The molecular formula is C60H80O10. The highest BCUT2D eigenvalue weighted by molar-refractivity contribution is 5.59. The van der Waals surface area contributed by atoms with Gasteiger partial charge in [-0.1, -0.05) is 66.7 Å². The van der Waals surface area contributed by atoms with E-state index in [1.54, 1.807) is 35.5 Å². The van der Waals surface area contributed by atoms with Gasteiger partial charge in [-0.25, -0.2) is 0 Å². The zero-order valence-electron chi connectivity index (χ0n) is 44.0. The molecule has 0 saturated heterocycles. The van der Waals surface area contributed by atoms with Crippen LogP contribution in [0, 0.1) is 0 Å². The van der Waals surface area contributed by atoms with Gasteiger partial charge in [-0.05, 0) is 92.8 Å². The van der Waals surface area contributed by atoms with E-state index in [1.165, 1.54) is 0 Å². The first kappa shape index (κ1) is 53.5. The molecule has 10 heteroatoms. The van der Waals surface area contributed by atoms with Gasteiger partial charge in [0.05, 0.1) is 68.6 Å². The van der Waals surface area contributed by atoms with Crippen LogP contribution in [0.5, 0.6) is 57.5 Å². The van der Waals surface area contributed by atoms with E-state index in [1.807, 2.05) is 0 Å². The smallest absolute Gasteiger partial charge is 0.123 e. The third-order valence-corrected chi connectivity index (χ3v) is 13.0. The third-order valence-electron chi connectivity index (χ3n) is 13.0. The van der Waals surface area contributed by atoms with Crippen molar-refractivity contribution in [1.82, 2.24) is 0 Å². The lowest BCUT2D eigenvalue weighted by atomic mass is 9.94. The van der Waals surface area contributed by atoms with Crippen LogP contribution in [0.1, 0.15) is 154 Å². The predicted octanol–water partition coefficient (Wildman–Crippen LogP) is 13.9. The molecule has 5 aromatic rings. The molecule has 380 valence electrons. The van der Waals surface area contributed by atoms with Gasteiger partial charge in [-0.3, -0.25) is 0 Å². The van der Waals surface area contributed by atoms with Crippen molar-refractivity contribution in [3.63, 3.8) is 0 Å². The highest BCUT2D eigenvalue weighted by Gasteiger charge is 2.24. The molecule has 0 heterocycles. The van der Waals surface area contributed by atoms with Crippen LogP contribution in [0.15, 0.2) is 60.7 Å². The number of hydrogen-bond donors (Lipinski definition) is 0. The predicted molar refractivity (Wildman–Crippen MR) is 281 cm³/mol. The number of benzene rings is 5. The average molecular weight is 961 g/mol. The normalized spacial score (nSPS) is 12.1. The largest absolute Gasteiger partial charge is 0.496 e. The van der Waals surface area contributed by atoms with Crippen LogP contribution in [-0.2, 0) is 32.1 Å². The molecule has 5 aromatic carbocycles. The van der Waals surface area contributed by atoms with Crippen molar-refractivity contribution >= 4 is 0 Å². The van der Waals surface area contributed by atoms with Crippen molar-refractivity contribution in [2.75, 3.05) is 68.6 Å². The van der Waals surface area contributed by atoms with Crippen molar-refractivity contribution in [2.45, 2.75) is 131 Å². The monoisotopic (exact) mass is 961 g/mol. The van der Waals surface area contributed by atoms with Crippen LogP contribution in [0.4, 0.5) is 0 Å². The molecule has 10 nitrogen and oxygen atoms in total. The summed E-state index contributed by atoms with van der Waals surface area (Å²) in [6.45, 7) is 13.8. The SMILES string of the molecule is CCCCOc1cc2c(OC)cc1Cc1cc(OCCCC)c(cc1OC)Cc1cc(OCCCC)c(cc1OC)Cc1cc(OC)c(cc1OCCCC)Cc1cc(OC)c(cc1OCCCC)C2. The van der Waals surface area contributed by atoms with Crippen molar-refractivity contribution < 1.29 is 47.4 Å². The molecule has 0 spiro atoms. The Balaban J connectivity index is 1.65. The summed E-state index contributed by atoms with van der Waals surface area (Å²) in [7, 11) is 8.66. The van der Waals surface area contributed by atoms with Crippen molar-refractivity contribution in [2.24, 2.45) is 0 Å². The van der Waals surface area contributed by atoms with Crippen LogP contribution in [0.3, 0.4) is 0 Å². The van der Waals surface area contributed by atoms with Crippen LogP contribution in [-0.4, -0.2) is 68.6 Å². The van der Waals surface area contributed by atoms with E-state index in [0.29, 0.717) is 65.1 Å². The number of rotatable bonds is 25. The molecule has 10 aliphatic rings. The van der Waals surface area contributed by atoms with E-state index in [2.05, 4.69) is 95.3 Å². The molecule has 0 amide bonds. The van der Waals surface area contributed by atoms with Crippen LogP contribution < -0.4 is 47.4 Å². The summed E-state index contributed by atoms with van der Waals surface area (Å²) in [6, 6.07) is 21.3. The van der Waals surface area contributed by atoms with E-state index in [4.69, 9.17) is 47.4 Å². The Morgan fingerprint density at radius 3 is 0.529 bits per heavy atom. The van der Waals surface area contributed by atoms with Crippen LogP contribution in [0.25, 0.3) is 0 Å². The minimum absolute atomic E-state index is 0.523. The van der Waals surface area contributed by atoms with Crippen molar-refractivity contribution in [3.05, 3.63) is 116 Å². The zero-order valence-corrected chi connectivity index (χ0v) is 44.0. The summed E-state index contributed by atoms with van der Waals surface area (Å²) < 4.78 is 64.5. The third kappa shape index (κ3) is 13.9. The van der Waals surface area contributed by atoms with Crippen molar-refractivity contribution in [1.29, 1.82) is 0 Å². The molecule has 15 rings (SSSR count). The lowest BCUT2D eigenvalue weighted by molar-refractivity contribution is 0.301. The highest BCUT2D eigenvalue weighted by atomic mass is 16.5. The maximum atomic E-state index is 6.69. The second-order valence-electron chi connectivity index (χ2n) is 18.3. The molecule has 10 aliphatic carbocycles. The Labute approximate surface area is 419 Å². The van der Waals surface area contributed by atoms with Gasteiger partial charge in [0.25, 0.3) is 0 Å². The fourth-order valence-electron chi connectivity index (χ4n) is 8.88. The topological polar surface area (TPSA) is 92.3 Å². The Morgan fingerprint density at radius 2 is 0.386 bits per heavy atom. The standard InChI is InChI=1S/C60H80O10/c1-11-16-21-66-56-36-41-26-42-37-57(67-22-17-12-2)47(32-52(42)62-7)28-44-39-59(69-24-19-14-4)49(34-54(44)64-9)30-50-35-55(65-10)45(40-60(50)70-25-20-15-5)29-48-33-53(63-8)43(27-46(56)31-51(41)61-6)38-58(48)68-23-18-13-3/h31-40H,11-30H2,1-10H3. The van der Waals surface area contributed by atoms with Gasteiger partial charge in [0, 0.05) is 87.7 Å². The number of hydrogen-bond acceptors (Lipinski definition) is 10. The maximum absolute atomic E-state index is 6.69. The second kappa shape index (κ2) is 27.5. The van der Waals surface area contributed by atoms with Gasteiger partial charge in [0.2, 0.25) is 0 Å². The van der Waals surface area contributed by atoms with Crippen molar-refractivity contribution in [3.8, 4) is 57.5 Å². The molecule has 0 aliphatic heterocycles. The number of ether oxygens (including phenoxy) is 10. The molecule has 0 unspecified atom stereocenters. The Bertz CT molecular complexity index is 2440. The first-order chi connectivity index (χ1) is 34.2. The zero-order chi connectivity index (χ0) is 49.8. The summed E-state index contributed by atoms with van der Waals surface area (Å²) in [6.07, 6.45) is 12.4.